The van der Waals surface area contributed by atoms with Gasteiger partial charge in [0.1, 0.15) is 5.54 Å². The summed E-state index contributed by atoms with van der Waals surface area (Å²) >= 11 is 2.15. The summed E-state index contributed by atoms with van der Waals surface area (Å²) in [6.45, 7) is 5.19. The Morgan fingerprint density at radius 3 is 2.17 bits per heavy atom. The fourth-order valence-electron chi connectivity index (χ4n) is 1.66. The lowest BCUT2D eigenvalue weighted by molar-refractivity contribution is -0.147. The molecular weight excluding hydrogens is 345 g/mol. The van der Waals surface area contributed by atoms with Gasteiger partial charge in [0.25, 0.3) is 5.91 Å². The second-order valence-corrected chi connectivity index (χ2v) is 5.67. The molecule has 5 heteroatoms. The molecule has 0 aliphatic heterocycles. The van der Waals surface area contributed by atoms with E-state index >= 15 is 0 Å². The van der Waals surface area contributed by atoms with Gasteiger partial charge >= 0.3 is 5.97 Å². The van der Waals surface area contributed by atoms with Crippen LogP contribution < -0.4 is 0 Å². The van der Waals surface area contributed by atoms with Crippen molar-refractivity contribution in [3.8, 4) is 0 Å². The maximum Gasteiger partial charge on any atom is 0.329 e. The third kappa shape index (κ3) is 3.01. The van der Waals surface area contributed by atoms with E-state index < -0.39 is 11.5 Å². The molecule has 0 aliphatic carbocycles. The first-order valence-corrected chi connectivity index (χ1v) is 6.69. The van der Waals surface area contributed by atoms with Gasteiger partial charge in [-0.15, -0.1) is 0 Å². The Morgan fingerprint density at radius 2 is 1.78 bits per heavy atom. The average molecular weight is 361 g/mol. The number of hydrogen-bond donors (Lipinski definition) is 1. The zero-order chi connectivity index (χ0) is 13.9. The standard InChI is InChI=1S/C13H16INO3/c1-4-15(13(2,3)12(17)18)11(16)9-5-7-10(14)8-6-9/h5-8H,4H2,1-3H3,(H,17,18). The number of carboxylic acid groups (broad SMARTS) is 1. The van der Waals surface area contributed by atoms with E-state index in [1.165, 1.54) is 18.7 Å². The molecule has 0 heterocycles. The quantitative estimate of drug-likeness (QED) is 0.839. The summed E-state index contributed by atoms with van der Waals surface area (Å²) in [5.74, 6) is -1.27. The van der Waals surface area contributed by atoms with E-state index in [4.69, 9.17) is 0 Å². The van der Waals surface area contributed by atoms with E-state index in [0.29, 0.717) is 12.1 Å². The fraction of sp³-hybridized carbons (Fsp3) is 0.385. The highest BCUT2D eigenvalue weighted by Crippen LogP contribution is 2.18. The maximum atomic E-state index is 12.3. The number of likely N-dealkylation sites (N-methyl/N-ethyl adjacent to an activating group) is 1. The lowest BCUT2D eigenvalue weighted by Crippen LogP contribution is -2.52. The molecule has 0 aromatic heterocycles. The highest BCUT2D eigenvalue weighted by atomic mass is 127. The molecule has 0 unspecified atom stereocenters. The second kappa shape index (κ2) is 5.69. The number of aliphatic carboxylic acids is 1. The van der Waals surface area contributed by atoms with Crippen LogP contribution in [0.2, 0.25) is 0 Å². The summed E-state index contributed by atoms with van der Waals surface area (Å²) < 4.78 is 1.03. The molecule has 1 amide bonds. The predicted molar refractivity (Wildman–Crippen MR) is 77.6 cm³/mol. The minimum atomic E-state index is -1.21. The van der Waals surface area contributed by atoms with Crippen molar-refractivity contribution in [1.29, 1.82) is 0 Å². The maximum absolute atomic E-state index is 12.3. The molecule has 1 aromatic carbocycles. The van der Waals surface area contributed by atoms with Crippen LogP contribution in [0.1, 0.15) is 31.1 Å². The summed E-state index contributed by atoms with van der Waals surface area (Å²) in [6.07, 6.45) is 0. The summed E-state index contributed by atoms with van der Waals surface area (Å²) in [4.78, 5) is 24.9. The Bertz CT molecular complexity index is 454. The Labute approximate surface area is 120 Å². The second-order valence-electron chi connectivity index (χ2n) is 4.42. The monoisotopic (exact) mass is 361 g/mol. The van der Waals surface area contributed by atoms with Gasteiger partial charge in [-0.05, 0) is 67.6 Å². The largest absolute Gasteiger partial charge is 0.480 e. The van der Waals surface area contributed by atoms with Crippen molar-refractivity contribution < 1.29 is 14.7 Å². The number of carbonyl (C=O) groups is 2. The Kier molecular flexibility index (Phi) is 4.72. The average Bonchev–Trinajstić information content (AvgIpc) is 2.30. The number of benzene rings is 1. The van der Waals surface area contributed by atoms with E-state index in [-0.39, 0.29) is 5.91 Å². The first-order valence-electron chi connectivity index (χ1n) is 5.61. The van der Waals surface area contributed by atoms with Gasteiger partial charge in [-0.1, -0.05) is 0 Å². The Balaban J connectivity index is 3.07. The molecule has 0 spiro atoms. The summed E-state index contributed by atoms with van der Waals surface area (Å²) in [7, 11) is 0. The fourth-order valence-corrected chi connectivity index (χ4v) is 2.02. The Hall–Kier alpha value is -1.11. The van der Waals surface area contributed by atoms with Gasteiger partial charge in [-0.3, -0.25) is 4.79 Å². The summed E-state index contributed by atoms with van der Waals surface area (Å²) in [6, 6.07) is 7.08. The van der Waals surface area contributed by atoms with Crippen LogP contribution in [-0.4, -0.2) is 34.0 Å². The molecule has 1 N–H and O–H groups in total. The van der Waals surface area contributed by atoms with Gasteiger partial charge in [-0.2, -0.15) is 0 Å². The normalized spacial score (nSPS) is 11.1. The third-order valence-electron chi connectivity index (χ3n) is 2.85. The van der Waals surface area contributed by atoms with E-state index in [0.717, 1.165) is 3.57 Å². The highest BCUT2D eigenvalue weighted by molar-refractivity contribution is 14.1. The van der Waals surface area contributed by atoms with Gasteiger partial charge in [0.2, 0.25) is 0 Å². The smallest absolute Gasteiger partial charge is 0.329 e. The van der Waals surface area contributed by atoms with Crippen molar-refractivity contribution in [2.45, 2.75) is 26.3 Å². The van der Waals surface area contributed by atoms with Crippen molar-refractivity contribution in [3.05, 3.63) is 33.4 Å². The molecule has 0 atom stereocenters. The minimum absolute atomic E-state index is 0.263. The van der Waals surface area contributed by atoms with Gasteiger partial charge in [0.15, 0.2) is 0 Å². The highest BCUT2D eigenvalue weighted by Gasteiger charge is 2.37. The van der Waals surface area contributed by atoms with Crippen LogP contribution in [0.25, 0.3) is 0 Å². The molecule has 0 radical (unpaired) electrons. The molecule has 18 heavy (non-hydrogen) atoms. The van der Waals surface area contributed by atoms with Crippen molar-refractivity contribution in [2.24, 2.45) is 0 Å². The van der Waals surface area contributed by atoms with Crippen LogP contribution in [0.5, 0.6) is 0 Å². The topological polar surface area (TPSA) is 57.6 Å². The van der Waals surface area contributed by atoms with Crippen LogP contribution in [0, 0.1) is 3.57 Å². The molecule has 0 aliphatic rings. The van der Waals surface area contributed by atoms with Gasteiger partial charge in [-0.25, -0.2) is 4.79 Å². The molecule has 4 nitrogen and oxygen atoms in total. The third-order valence-corrected chi connectivity index (χ3v) is 3.57. The lowest BCUT2D eigenvalue weighted by atomic mass is 10.0. The predicted octanol–water partition coefficient (Wildman–Crippen LogP) is 2.62. The van der Waals surface area contributed by atoms with Crippen LogP contribution in [0.3, 0.4) is 0 Å². The van der Waals surface area contributed by atoms with Gasteiger partial charge in [0.05, 0.1) is 0 Å². The zero-order valence-electron chi connectivity index (χ0n) is 10.6. The van der Waals surface area contributed by atoms with Crippen LogP contribution >= 0.6 is 22.6 Å². The summed E-state index contributed by atoms with van der Waals surface area (Å²) in [5.41, 5.74) is -0.707. The number of carboxylic acids is 1. The number of carbonyl (C=O) groups excluding carboxylic acids is 1. The van der Waals surface area contributed by atoms with Gasteiger partial charge in [0, 0.05) is 15.7 Å². The molecule has 98 valence electrons. The molecule has 1 rings (SSSR count). The Morgan fingerprint density at radius 1 is 1.28 bits per heavy atom. The van der Waals surface area contributed by atoms with Crippen molar-refractivity contribution in [3.63, 3.8) is 0 Å². The summed E-state index contributed by atoms with van der Waals surface area (Å²) in [5, 5.41) is 9.19. The molecule has 1 aromatic rings. The number of hydrogen-bond acceptors (Lipinski definition) is 2. The SMILES string of the molecule is CCN(C(=O)c1ccc(I)cc1)C(C)(C)C(=O)O. The van der Waals surface area contributed by atoms with Crippen molar-refractivity contribution in [2.75, 3.05) is 6.54 Å². The van der Waals surface area contributed by atoms with Gasteiger partial charge < -0.3 is 10.0 Å². The van der Waals surface area contributed by atoms with Crippen LogP contribution in [0.4, 0.5) is 0 Å². The van der Waals surface area contributed by atoms with Crippen molar-refractivity contribution >= 4 is 34.5 Å². The molecule has 0 bridgehead atoms. The first kappa shape index (κ1) is 14.9. The molecule has 0 saturated carbocycles. The molecular formula is C13H16INO3. The van der Waals surface area contributed by atoms with Crippen LogP contribution in [-0.2, 0) is 4.79 Å². The van der Waals surface area contributed by atoms with E-state index in [1.807, 2.05) is 12.1 Å². The van der Waals surface area contributed by atoms with Crippen LogP contribution in [0.15, 0.2) is 24.3 Å². The number of nitrogens with zero attached hydrogens (tertiary/aromatic N) is 1. The van der Waals surface area contributed by atoms with E-state index in [1.54, 1.807) is 19.1 Å². The lowest BCUT2D eigenvalue weighted by Gasteiger charge is -2.34. The van der Waals surface area contributed by atoms with Crippen molar-refractivity contribution in [1.82, 2.24) is 4.90 Å². The first-order chi connectivity index (χ1) is 8.30. The minimum Gasteiger partial charge on any atom is -0.480 e. The van der Waals surface area contributed by atoms with E-state index in [2.05, 4.69) is 22.6 Å². The number of rotatable bonds is 4. The molecule has 0 fully saturated rings. The number of halogens is 1. The number of amides is 1. The zero-order valence-corrected chi connectivity index (χ0v) is 12.8. The van der Waals surface area contributed by atoms with E-state index in [9.17, 15) is 14.7 Å². The molecule has 0 saturated heterocycles.